The maximum Gasteiger partial charge on any atom is 0.0964 e. The van der Waals surface area contributed by atoms with Gasteiger partial charge in [0.25, 0.3) is 0 Å². The molecule has 2 aliphatic heterocycles. The Bertz CT molecular complexity index is 379. The lowest BCUT2D eigenvalue weighted by Crippen LogP contribution is -2.56. The smallest absolute Gasteiger partial charge is 0.0964 e. The van der Waals surface area contributed by atoms with Crippen molar-refractivity contribution in [1.29, 1.82) is 0 Å². The van der Waals surface area contributed by atoms with E-state index in [-0.39, 0.29) is 6.10 Å². The lowest BCUT2D eigenvalue weighted by atomic mass is 9.97. The summed E-state index contributed by atoms with van der Waals surface area (Å²) in [5, 5.41) is 0. The number of ether oxygens (including phenoxy) is 2. The van der Waals surface area contributed by atoms with Gasteiger partial charge >= 0.3 is 0 Å². The average Bonchev–Trinajstić information content (AvgIpc) is 2.47. The molecule has 98 valence electrons. The van der Waals surface area contributed by atoms with Gasteiger partial charge < -0.3 is 9.47 Å². The first-order valence-electron chi connectivity index (χ1n) is 6.86. The second-order valence-electron chi connectivity index (χ2n) is 5.16. The SMILES string of the molecule is C[C@@H](c1ccccc1)N1CCO[C@H]2COCC[C@@H]21. The molecule has 1 aromatic carbocycles. The maximum atomic E-state index is 5.83. The zero-order valence-electron chi connectivity index (χ0n) is 10.9. The summed E-state index contributed by atoms with van der Waals surface area (Å²) in [6.45, 7) is 5.76. The van der Waals surface area contributed by atoms with Gasteiger partial charge in [0.15, 0.2) is 0 Å². The third-order valence-corrected chi connectivity index (χ3v) is 4.16. The fourth-order valence-corrected chi connectivity index (χ4v) is 3.12. The molecule has 3 atom stereocenters. The third-order valence-electron chi connectivity index (χ3n) is 4.16. The van der Waals surface area contributed by atoms with Gasteiger partial charge in [0.1, 0.15) is 0 Å². The van der Waals surface area contributed by atoms with Crippen molar-refractivity contribution in [3.63, 3.8) is 0 Å². The summed E-state index contributed by atoms with van der Waals surface area (Å²) < 4.78 is 11.4. The highest BCUT2D eigenvalue weighted by atomic mass is 16.5. The van der Waals surface area contributed by atoms with Crippen LogP contribution in [0.4, 0.5) is 0 Å². The molecular formula is C15H21NO2. The van der Waals surface area contributed by atoms with Crippen molar-refractivity contribution in [1.82, 2.24) is 4.90 Å². The van der Waals surface area contributed by atoms with Crippen LogP contribution in [0, 0.1) is 0 Å². The number of hydrogen-bond acceptors (Lipinski definition) is 3. The van der Waals surface area contributed by atoms with Crippen LogP contribution in [-0.2, 0) is 9.47 Å². The van der Waals surface area contributed by atoms with E-state index in [0.717, 1.165) is 32.8 Å². The number of fused-ring (bicyclic) bond motifs is 1. The average molecular weight is 247 g/mol. The highest BCUT2D eigenvalue weighted by Gasteiger charge is 2.37. The molecule has 0 saturated carbocycles. The fraction of sp³-hybridized carbons (Fsp3) is 0.600. The molecule has 0 amide bonds. The zero-order valence-corrected chi connectivity index (χ0v) is 10.9. The first-order valence-corrected chi connectivity index (χ1v) is 6.86. The largest absolute Gasteiger partial charge is 0.379 e. The van der Waals surface area contributed by atoms with Crippen molar-refractivity contribution in [3.8, 4) is 0 Å². The lowest BCUT2D eigenvalue weighted by Gasteiger charge is -2.46. The molecule has 0 bridgehead atoms. The first kappa shape index (κ1) is 12.2. The van der Waals surface area contributed by atoms with Gasteiger partial charge in [-0.15, -0.1) is 0 Å². The molecule has 0 N–H and O–H groups in total. The molecule has 2 aliphatic rings. The summed E-state index contributed by atoms with van der Waals surface area (Å²) in [5.74, 6) is 0. The van der Waals surface area contributed by atoms with Gasteiger partial charge in [0, 0.05) is 25.2 Å². The van der Waals surface area contributed by atoms with Crippen molar-refractivity contribution in [2.45, 2.75) is 31.5 Å². The van der Waals surface area contributed by atoms with E-state index >= 15 is 0 Å². The van der Waals surface area contributed by atoms with Crippen LogP contribution in [0.5, 0.6) is 0 Å². The summed E-state index contributed by atoms with van der Waals surface area (Å²) in [6, 6.07) is 11.7. The van der Waals surface area contributed by atoms with Gasteiger partial charge in [-0.2, -0.15) is 0 Å². The Morgan fingerprint density at radius 3 is 2.89 bits per heavy atom. The van der Waals surface area contributed by atoms with E-state index in [9.17, 15) is 0 Å². The van der Waals surface area contributed by atoms with E-state index in [1.807, 2.05) is 0 Å². The standard InChI is InChI=1S/C15H21NO2/c1-12(13-5-3-2-4-6-13)16-8-10-18-15-11-17-9-7-14(15)16/h2-6,12,14-15H,7-11H2,1H3/t12-,14-,15-/m0/s1. The van der Waals surface area contributed by atoms with Crippen LogP contribution < -0.4 is 0 Å². The molecule has 2 saturated heterocycles. The Morgan fingerprint density at radius 1 is 1.22 bits per heavy atom. The molecule has 2 heterocycles. The molecule has 0 spiro atoms. The van der Waals surface area contributed by atoms with Gasteiger partial charge in [-0.05, 0) is 18.9 Å². The van der Waals surface area contributed by atoms with E-state index in [1.165, 1.54) is 5.56 Å². The summed E-state index contributed by atoms with van der Waals surface area (Å²) >= 11 is 0. The molecule has 3 rings (SSSR count). The van der Waals surface area contributed by atoms with Crippen LogP contribution in [0.15, 0.2) is 30.3 Å². The second kappa shape index (κ2) is 5.39. The van der Waals surface area contributed by atoms with E-state index < -0.39 is 0 Å². The number of nitrogens with zero attached hydrogens (tertiary/aromatic N) is 1. The van der Waals surface area contributed by atoms with E-state index in [0.29, 0.717) is 12.1 Å². The topological polar surface area (TPSA) is 21.7 Å². The Hall–Kier alpha value is -0.900. The molecule has 2 fully saturated rings. The van der Waals surface area contributed by atoms with Gasteiger partial charge in [0.05, 0.1) is 19.3 Å². The Balaban J connectivity index is 1.77. The van der Waals surface area contributed by atoms with Crippen molar-refractivity contribution in [2.24, 2.45) is 0 Å². The quantitative estimate of drug-likeness (QED) is 0.800. The van der Waals surface area contributed by atoms with Crippen molar-refractivity contribution >= 4 is 0 Å². The Kier molecular flexibility index (Phi) is 3.64. The van der Waals surface area contributed by atoms with Gasteiger partial charge in [-0.1, -0.05) is 30.3 Å². The van der Waals surface area contributed by atoms with E-state index in [2.05, 4.69) is 42.2 Å². The minimum atomic E-state index is 0.263. The predicted octanol–water partition coefficient (Wildman–Crippen LogP) is 2.24. The summed E-state index contributed by atoms with van der Waals surface area (Å²) in [6.07, 6.45) is 1.35. The molecule has 3 nitrogen and oxygen atoms in total. The monoisotopic (exact) mass is 247 g/mol. The fourth-order valence-electron chi connectivity index (χ4n) is 3.12. The van der Waals surface area contributed by atoms with Gasteiger partial charge in [-0.25, -0.2) is 0 Å². The molecule has 1 aromatic rings. The lowest BCUT2D eigenvalue weighted by molar-refractivity contribution is -0.144. The van der Waals surface area contributed by atoms with E-state index in [1.54, 1.807) is 0 Å². The van der Waals surface area contributed by atoms with Crippen LogP contribution in [0.2, 0.25) is 0 Å². The third kappa shape index (κ3) is 2.30. The molecule has 18 heavy (non-hydrogen) atoms. The molecule has 0 aliphatic carbocycles. The number of benzene rings is 1. The highest BCUT2D eigenvalue weighted by molar-refractivity contribution is 5.19. The molecule has 0 unspecified atom stereocenters. The van der Waals surface area contributed by atoms with Crippen LogP contribution in [0.3, 0.4) is 0 Å². The Labute approximate surface area is 109 Å². The minimum Gasteiger partial charge on any atom is -0.379 e. The molecule has 0 radical (unpaired) electrons. The predicted molar refractivity (Wildman–Crippen MR) is 70.5 cm³/mol. The first-order chi connectivity index (χ1) is 8.86. The summed E-state index contributed by atoms with van der Waals surface area (Å²) in [4.78, 5) is 2.59. The minimum absolute atomic E-state index is 0.263. The van der Waals surface area contributed by atoms with Crippen molar-refractivity contribution in [3.05, 3.63) is 35.9 Å². The van der Waals surface area contributed by atoms with Crippen molar-refractivity contribution < 1.29 is 9.47 Å². The van der Waals surface area contributed by atoms with Crippen LogP contribution in [0.1, 0.15) is 24.9 Å². The highest BCUT2D eigenvalue weighted by Crippen LogP contribution is 2.30. The number of hydrogen-bond donors (Lipinski definition) is 0. The van der Waals surface area contributed by atoms with E-state index in [4.69, 9.17) is 9.47 Å². The Morgan fingerprint density at radius 2 is 2.06 bits per heavy atom. The zero-order chi connectivity index (χ0) is 12.4. The normalized spacial score (nSPS) is 30.7. The van der Waals surface area contributed by atoms with Crippen LogP contribution >= 0.6 is 0 Å². The number of rotatable bonds is 2. The van der Waals surface area contributed by atoms with Gasteiger partial charge in [0.2, 0.25) is 0 Å². The summed E-state index contributed by atoms with van der Waals surface area (Å²) in [5.41, 5.74) is 1.39. The maximum absolute atomic E-state index is 5.83. The van der Waals surface area contributed by atoms with Crippen molar-refractivity contribution in [2.75, 3.05) is 26.4 Å². The van der Waals surface area contributed by atoms with Crippen LogP contribution in [-0.4, -0.2) is 43.4 Å². The molecular weight excluding hydrogens is 226 g/mol. The molecule has 0 aromatic heterocycles. The van der Waals surface area contributed by atoms with Gasteiger partial charge in [-0.3, -0.25) is 4.90 Å². The number of morpholine rings is 1. The summed E-state index contributed by atoms with van der Waals surface area (Å²) in [7, 11) is 0. The second-order valence-corrected chi connectivity index (χ2v) is 5.16. The van der Waals surface area contributed by atoms with Crippen LogP contribution in [0.25, 0.3) is 0 Å². The molecule has 3 heteroatoms.